The summed E-state index contributed by atoms with van der Waals surface area (Å²) in [6.07, 6.45) is 8.42. The van der Waals surface area contributed by atoms with Gasteiger partial charge in [-0.2, -0.15) is 0 Å². The Kier molecular flexibility index (Phi) is 5.05. The highest BCUT2D eigenvalue weighted by molar-refractivity contribution is 5.80. The largest absolute Gasteiger partial charge is 0.342 e. The molecule has 2 aliphatic rings. The number of likely N-dealkylation sites (tertiary alicyclic amines) is 1. The monoisotopic (exact) mass is 352 g/mol. The molecule has 5 heteroatoms. The Labute approximate surface area is 155 Å². The lowest BCUT2D eigenvalue weighted by Crippen LogP contribution is -2.44. The Balaban J connectivity index is 1.51. The fourth-order valence-electron chi connectivity index (χ4n) is 4.81. The molecule has 2 aromatic rings. The number of amides is 1. The first-order valence-electron chi connectivity index (χ1n) is 9.91. The van der Waals surface area contributed by atoms with E-state index in [0.717, 1.165) is 44.6 Å². The number of carbonyl (C=O) groups excluding carboxylic acids is 1. The SMILES string of the molecule is Cn1cnnc1C1CCCN(C(=O)[C@@H]2CCCC[C@@H]2c2ccccc2)C1. The van der Waals surface area contributed by atoms with E-state index in [-0.39, 0.29) is 5.92 Å². The molecule has 2 heterocycles. The van der Waals surface area contributed by atoms with Gasteiger partial charge in [0, 0.05) is 32.0 Å². The average Bonchev–Trinajstić information content (AvgIpc) is 3.14. The average molecular weight is 352 g/mol. The second kappa shape index (κ2) is 7.60. The van der Waals surface area contributed by atoms with Crippen LogP contribution in [0.5, 0.6) is 0 Å². The molecule has 0 radical (unpaired) electrons. The highest BCUT2D eigenvalue weighted by Gasteiger charge is 2.36. The molecule has 26 heavy (non-hydrogen) atoms. The van der Waals surface area contributed by atoms with Crippen LogP contribution in [-0.4, -0.2) is 38.7 Å². The van der Waals surface area contributed by atoms with Crippen molar-refractivity contribution in [3.8, 4) is 0 Å². The summed E-state index contributed by atoms with van der Waals surface area (Å²) in [6.45, 7) is 1.66. The van der Waals surface area contributed by atoms with E-state index in [1.807, 2.05) is 11.6 Å². The molecule has 1 aliphatic carbocycles. The molecular weight excluding hydrogens is 324 g/mol. The summed E-state index contributed by atoms with van der Waals surface area (Å²) in [5, 5.41) is 8.30. The minimum Gasteiger partial charge on any atom is -0.342 e. The van der Waals surface area contributed by atoms with Gasteiger partial charge >= 0.3 is 0 Å². The minimum absolute atomic E-state index is 0.129. The van der Waals surface area contributed by atoms with Crippen LogP contribution in [-0.2, 0) is 11.8 Å². The van der Waals surface area contributed by atoms with Gasteiger partial charge in [-0.15, -0.1) is 10.2 Å². The van der Waals surface area contributed by atoms with Crippen LogP contribution in [0.1, 0.15) is 61.7 Å². The third-order valence-corrected chi connectivity index (χ3v) is 6.16. The van der Waals surface area contributed by atoms with Crippen molar-refractivity contribution in [1.82, 2.24) is 19.7 Å². The van der Waals surface area contributed by atoms with Crippen LogP contribution in [0, 0.1) is 5.92 Å². The molecular formula is C21H28N4O. The van der Waals surface area contributed by atoms with Gasteiger partial charge in [-0.3, -0.25) is 4.79 Å². The van der Waals surface area contributed by atoms with Crippen molar-refractivity contribution in [1.29, 1.82) is 0 Å². The molecule has 0 N–H and O–H groups in total. The summed E-state index contributed by atoms with van der Waals surface area (Å²) < 4.78 is 1.99. The maximum atomic E-state index is 13.4. The van der Waals surface area contributed by atoms with E-state index in [1.165, 1.54) is 18.4 Å². The molecule has 0 bridgehead atoms. The smallest absolute Gasteiger partial charge is 0.226 e. The topological polar surface area (TPSA) is 51.0 Å². The van der Waals surface area contributed by atoms with Crippen LogP contribution in [0.15, 0.2) is 36.7 Å². The van der Waals surface area contributed by atoms with Gasteiger partial charge in [0.2, 0.25) is 5.91 Å². The van der Waals surface area contributed by atoms with Crippen molar-refractivity contribution in [2.45, 2.75) is 50.4 Å². The summed E-state index contributed by atoms with van der Waals surface area (Å²) in [6, 6.07) is 10.6. The lowest BCUT2D eigenvalue weighted by atomic mass is 9.74. The first-order valence-corrected chi connectivity index (χ1v) is 9.91. The molecule has 2 fully saturated rings. The van der Waals surface area contributed by atoms with Gasteiger partial charge in [0.15, 0.2) is 0 Å². The second-order valence-corrected chi connectivity index (χ2v) is 7.83. The second-order valence-electron chi connectivity index (χ2n) is 7.83. The zero-order valence-electron chi connectivity index (χ0n) is 15.6. The summed E-state index contributed by atoms with van der Waals surface area (Å²) in [4.78, 5) is 15.5. The first-order chi connectivity index (χ1) is 12.7. The maximum absolute atomic E-state index is 13.4. The van der Waals surface area contributed by atoms with E-state index < -0.39 is 0 Å². The number of nitrogens with zero attached hydrogens (tertiary/aromatic N) is 4. The summed E-state index contributed by atoms with van der Waals surface area (Å²) >= 11 is 0. The zero-order chi connectivity index (χ0) is 17.9. The predicted molar refractivity (Wildman–Crippen MR) is 101 cm³/mol. The minimum atomic E-state index is 0.129. The maximum Gasteiger partial charge on any atom is 0.226 e. The summed E-state index contributed by atoms with van der Waals surface area (Å²) in [5.74, 6) is 2.16. The standard InChI is InChI=1S/C21H28N4O/c1-24-15-22-23-20(24)17-10-7-13-25(14-17)21(26)19-12-6-5-11-18(19)16-8-3-2-4-9-16/h2-4,8-9,15,17-19H,5-7,10-14H2,1H3/t17?,18-,19-/m1/s1. The van der Waals surface area contributed by atoms with Crippen molar-refractivity contribution >= 4 is 5.91 Å². The van der Waals surface area contributed by atoms with Crippen LogP contribution < -0.4 is 0 Å². The highest BCUT2D eigenvalue weighted by Crippen LogP contribution is 2.39. The van der Waals surface area contributed by atoms with Crippen molar-refractivity contribution < 1.29 is 4.79 Å². The zero-order valence-corrected chi connectivity index (χ0v) is 15.6. The number of hydrogen-bond donors (Lipinski definition) is 0. The van der Waals surface area contributed by atoms with Gasteiger partial charge in [0.25, 0.3) is 0 Å². The van der Waals surface area contributed by atoms with Gasteiger partial charge in [0.1, 0.15) is 12.2 Å². The number of benzene rings is 1. The van der Waals surface area contributed by atoms with E-state index in [2.05, 4.69) is 45.4 Å². The highest BCUT2D eigenvalue weighted by atomic mass is 16.2. The Morgan fingerprint density at radius 3 is 2.65 bits per heavy atom. The predicted octanol–water partition coefficient (Wildman–Crippen LogP) is 3.50. The molecule has 1 aromatic carbocycles. The number of hydrogen-bond acceptors (Lipinski definition) is 3. The normalized spacial score (nSPS) is 26.7. The van der Waals surface area contributed by atoms with Gasteiger partial charge in [-0.05, 0) is 37.2 Å². The molecule has 1 aliphatic heterocycles. The van der Waals surface area contributed by atoms with Gasteiger partial charge < -0.3 is 9.47 Å². The molecule has 4 rings (SSSR count). The Morgan fingerprint density at radius 1 is 1.08 bits per heavy atom. The molecule has 0 spiro atoms. The lowest BCUT2D eigenvalue weighted by Gasteiger charge is -2.38. The van der Waals surface area contributed by atoms with Crippen LogP contribution in [0.2, 0.25) is 0 Å². The molecule has 138 valence electrons. The number of aromatic nitrogens is 3. The number of piperidine rings is 1. The number of rotatable bonds is 3. The Morgan fingerprint density at radius 2 is 1.88 bits per heavy atom. The summed E-state index contributed by atoms with van der Waals surface area (Å²) in [7, 11) is 1.99. The van der Waals surface area contributed by atoms with E-state index in [1.54, 1.807) is 6.33 Å². The third-order valence-electron chi connectivity index (χ3n) is 6.16. The molecule has 1 amide bonds. The van der Waals surface area contributed by atoms with E-state index >= 15 is 0 Å². The molecule has 1 unspecified atom stereocenters. The van der Waals surface area contributed by atoms with E-state index in [9.17, 15) is 4.79 Å². The quantitative estimate of drug-likeness (QED) is 0.849. The van der Waals surface area contributed by atoms with Gasteiger partial charge in [-0.25, -0.2) is 0 Å². The lowest BCUT2D eigenvalue weighted by molar-refractivity contribution is -0.138. The van der Waals surface area contributed by atoms with Crippen molar-refractivity contribution in [3.63, 3.8) is 0 Å². The van der Waals surface area contributed by atoms with E-state index in [0.29, 0.717) is 17.7 Å². The van der Waals surface area contributed by atoms with Crippen molar-refractivity contribution in [2.24, 2.45) is 13.0 Å². The number of carbonyl (C=O) groups is 1. The third kappa shape index (κ3) is 3.39. The van der Waals surface area contributed by atoms with Crippen LogP contribution in [0.3, 0.4) is 0 Å². The van der Waals surface area contributed by atoms with Gasteiger partial charge in [0.05, 0.1) is 0 Å². The Hall–Kier alpha value is -2.17. The summed E-state index contributed by atoms with van der Waals surface area (Å²) in [5.41, 5.74) is 1.33. The van der Waals surface area contributed by atoms with Crippen molar-refractivity contribution in [3.05, 3.63) is 48.0 Å². The molecule has 1 saturated heterocycles. The van der Waals surface area contributed by atoms with Crippen LogP contribution in [0.25, 0.3) is 0 Å². The molecule has 3 atom stereocenters. The van der Waals surface area contributed by atoms with Crippen LogP contribution >= 0.6 is 0 Å². The molecule has 5 nitrogen and oxygen atoms in total. The van der Waals surface area contributed by atoms with E-state index in [4.69, 9.17) is 0 Å². The van der Waals surface area contributed by atoms with Gasteiger partial charge in [-0.1, -0.05) is 43.2 Å². The van der Waals surface area contributed by atoms with Crippen LogP contribution in [0.4, 0.5) is 0 Å². The number of aryl methyl sites for hydroxylation is 1. The first kappa shape index (κ1) is 17.3. The van der Waals surface area contributed by atoms with Crippen molar-refractivity contribution in [2.75, 3.05) is 13.1 Å². The fraction of sp³-hybridized carbons (Fsp3) is 0.571. The molecule has 1 saturated carbocycles. The molecule has 1 aromatic heterocycles. The Bertz CT molecular complexity index is 741. The fourth-order valence-corrected chi connectivity index (χ4v) is 4.81.